The SMILES string of the molecule is CCn1c(=NC(=O)C2CCCN(S(=O)(=O)c3ccc(Cl)cc3)C2)sc2cc(F)ccc21. The van der Waals surface area contributed by atoms with E-state index in [0.29, 0.717) is 40.5 Å². The first-order valence-electron chi connectivity index (χ1n) is 9.93. The molecule has 164 valence electrons. The molecular formula is C21H21ClFN3O3S2. The van der Waals surface area contributed by atoms with Crippen LogP contribution in [0.5, 0.6) is 0 Å². The molecule has 10 heteroatoms. The van der Waals surface area contributed by atoms with Gasteiger partial charge in [0.05, 0.1) is 21.0 Å². The first-order valence-corrected chi connectivity index (χ1v) is 12.6. The molecule has 2 aromatic carbocycles. The highest BCUT2D eigenvalue weighted by Gasteiger charge is 2.33. The zero-order valence-corrected chi connectivity index (χ0v) is 19.2. The van der Waals surface area contributed by atoms with E-state index in [-0.39, 0.29) is 23.2 Å². The number of hydrogen-bond acceptors (Lipinski definition) is 4. The summed E-state index contributed by atoms with van der Waals surface area (Å²) in [7, 11) is -3.72. The van der Waals surface area contributed by atoms with Crippen molar-refractivity contribution in [2.75, 3.05) is 13.1 Å². The molecule has 0 N–H and O–H groups in total. The Bertz CT molecular complexity index is 1300. The number of thiazole rings is 1. The Labute approximate surface area is 188 Å². The fourth-order valence-corrected chi connectivity index (χ4v) is 6.52. The summed E-state index contributed by atoms with van der Waals surface area (Å²) < 4.78 is 43.5. The molecule has 1 aliphatic rings. The van der Waals surface area contributed by atoms with Gasteiger partial charge in [0.1, 0.15) is 5.82 Å². The number of carbonyl (C=O) groups is 1. The van der Waals surface area contributed by atoms with E-state index < -0.39 is 15.9 Å². The highest BCUT2D eigenvalue weighted by molar-refractivity contribution is 7.89. The van der Waals surface area contributed by atoms with Gasteiger partial charge in [-0.15, -0.1) is 0 Å². The minimum absolute atomic E-state index is 0.0823. The molecule has 1 atom stereocenters. The van der Waals surface area contributed by atoms with Crippen molar-refractivity contribution >= 4 is 49.1 Å². The van der Waals surface area contributed by atoms with Crippen LogP contribution in [-0.4, -0.2) is 36.3 Å². The van der Waals surface area contributed by atoms with Crippen molar-refractivity contribution in [3.63, 3.8) is 0 Å². The lowest BCUT2D eigenvalue weighted by Gasteiger charge is -2.30. The lowest BCUT2D eigenvalue weighted by atomic mass is 9.99. The molecule has 2 heterocycles. The highest BCUT2D eigenvalue weighted by atomic mass is 35.5. The van der Waals surface area contributed by atoms with Crippen LogP contribution in [0.3, 0.4) is 0 Å². The first-order chi connectivity index (χ1) is 14.8. The molecule has 1 aliphatic heterocycles. The Morgan fingerprint density at radius 3 is 2.71 bits per heavy atom. The summed E-state index contributed by atoms with van der Waals surface area (Å²) in [6.07, 6.45) is 1.14. The Morgan fingerprint density at radius 2 is 2.00 bits per heavy atom. The molecule has 0 saturated carbocycles. The van der Waals surface area contributed by atoms with Crippen LogP contribution in [0.1, 0.15) is 19.8 Å². The Balaban J connectivity index is 1.61. The minimum Gasteiger partial charge on any atom is -0.317 e. The zero-order chi connectivity index (χ0) is 22.2. The van der Waals surface area contributed by atoms with Gasteiger partial charge in [-0.3, -0.25) is 4.79 Å². The minimum atomic E-state index is -3.72. The molecule has 1 amide bonds. The van der Waals surface area contributed by atoms with Crippen molar-refractivity contribution in [3.05, 3.63) is 58.1 Å². The topological polar surface area (TPSA) is 71.7 Å². The van der Waals surface area contributed by atoms with E-state index in [1.165, 1.54) is 52.0 Å². The van der Waals surface area contributed by atoms with Gasteiger partial charge in [0, 0.05) is 24.7 Å². The molecule has 6 nitrogen and oxygen atoms in total. The molecule has 0 spiro atoms. The number of hydrogen-bond donors (Lipinski definition) is 0. The third kappa shape index (κ3) is 4.45. The highest BCUT2D eigenvalue weighted by Crippen LogP contribution is 2.26. The van der Waals surface area contributed by atoms with E-state index in [4.69, 9.17) is 11.6 Å². The fraction of sp³-hybridized carbons (Fsp3) is 0.333. The van der Waals surface area contributed by atoms with E-state index in [1.807, 2.05) is 11.5 Å². The van der Waals surface area contributed by atoms with Crippen molar-refractivity contribution in [1.82, 2.24) is 8.87 Å². The lowest BCUT2D eigenvalue weighted by Crippen LogP contribution is -2.42. The molecule has 0 radical (unpaired) electrons. The summed E-state index contributed by atoms with van der Waals surface area (Å²) in [6, 6.07) is 10.5. The zero-order valence-electron chi connectivity index (χ0n) is 16.8. The largest absolute Gasteiger partial charge is 0.317 e. The third-order valence-corrected chi connectivity index (χ3v) is 8.52. The van der Waals surface area contributed by atoms with Crippen LogP contribution in [0.4, 0.5) is 4.39 Å². The number of halogens is 2. The molecule has 1 fully saturated rings. The Kier molecular flexibility index (Phi) is 6.30. The summed E-state index contributed by atoms with van der Waals surface area (Å²) in [5.41, 5.74) is 0.816. The number of amides is 1. The number of fused-ring (bicyclic) bond motifs is 1. The number of aryl methyl sites for hydroxylation is 1. The van der Waals surface area contributed by atoms with Crippen LogP contribution in [0.25, 0.3) is 10.2 Å². The van der Waals surface area contributed by atoms with Gasteiger partial charge in [-0.25, -0.2) is 12.8 Å². The average molecular weight is 482 g/mol. The number of sulfonamides is 1. The van der Waals surface area contributed by atoms with Crippen LogP contribution in [-0.2, 0) is 21.4 Å². The van der Waals surface area contributed by atoms with Crippen LogP contribution in [0.15, 0.2) is 52.4 Å². The van der Waals surface area contributed by atoms with E-state index >= 15 is 0 Å². The maximum atomic E-state index is 13.6. The summed E-state index contributed by atoms with van der Waals surface area (Å²) in [6.45, 7) is 2.95. The Hall–Kier alpha value is -2.07. The van der Waals surface area contributed by atoms with Gasteiger partial charge in [0.2, 0.25) is 10.0 Å². The van der Waals surface area contributed by atoms with Crippen molar-refractivity contribution in [2.24, 2.45) is 10.9 Å². The second kappa shape index (κ2) is 8.82. The van der Waals surface area contributed by atoms with E-state index in [1.54, 1.807) is 6.07 Å². The van der Waals surface area contributed by atoms with E-state index in [9.17, 15) is 17.6 Å². The number of piperidine rings is 1. The summed E-state index contributed by atoms with van der Waals surface area (Å²) in [5.74, 6) is -1.22. The number of nitrogens with zero attached hydrogens (tertiary/aromatic N) is 3. The molecular weight excluding hydrogens is 461 g/mol. The molecule has 1 saturated heterocycles. The van der Waals surface area contributed by atoms with Gasteiger partial charge in [0.15, 0.2) is 4.80 Å². The van der Waals surface area contributed by atoms with Gasteiger partial charge in [-0.1, -0.05) is 22.9 Å². The van der Waals surface area contributed by atoms with Gasteiger partial charge < -0.3 is 4.57 Å². The molecule has 0 aliphatic carbocycles. The van der Waals surface area contributed by atoms with E-state index in [2.05, 4.69) is 4.99 Å². The summed E-state index contributed by atoms with van der Waals surface area (Å²) >= 11 is 7.12. The third-order valence-electron chi connectivity index (χ3n) is 5.35. The molecule has 31 heavy (non-hydrogen) atoms. The lowest BCUT2D eigenvalue weighted by molar-refractivity contribution is -0.122. The second-order valence-corrected chi connectivity index (χ2v) is 10.7. The second-order valence-electron chi connectivity index (χ2n) is 7.35. The Morgan fingerprint density at radius 1 is 1.26 bits per heavy atom. The predicted molar refractivity (Wildman–Crippen MR) is 119 cm³/mol. The molecule has 0 bridgehead atoms. The predicted octanol–water partition coefficient (Wildman–Crippen LogP) is 4.04. The van der Waals surface area contributed by atoms with Crippen LogP contribution in [0.2, 0.25) is 5.02 Å². The normalized spacial score (nSPS) is 18.5. The number of aromatic nitrogens is 1. The quantitative estimate of drug-likeness (QED) is 0.564. The van der Waals surface area contributed by atoms with Crippen molar-refractivity contribution in [2.45, 2.75) is 31.2 Å². The molecule has 1 aromatic heterocycles. The standard InChI is InChI=1S/C21H21ClFN3O3S2/c1-2-26-18-10-7-16(23)12-19(18)30-21(26)24-20(27)14-4-3-11-25(13-14)31(28,29)17-8-5-15(22)6-9-17/h5-10,12,14H,2-4,11,13H2,1H3. The smallest absolute Gasteiger partial charge is 0.252 e. The van der Waals surface area contributed by atoms with Gasteiger partial charge in [-0.2, -0.15) is 9.30 Å². The number of rotatable bonds is 4. The summed E-state index contributed by atoms with van der Waals surface area (Å²) in [4.78, 5) is 17.9. The fourth-order valence-electron chi connectivity index (χ4n) is 3.74. The van der Waals surface area contributed by atoms with Crippen molar-refractivity contribution < 1.29 is 17.6 Å². The maximum absolute atomic E-state index is 13.6. The van der Waals surface area contributed by atoms with Crippen molar-refractivity contribution in [3.8, 4) is 0 Å². The molecule has 1 unspecified atom stereocenters. The average Bonchev–Trinajstić information content (AvgIpc) is 3.10. The maximum Gasteiger partial charge on any atom is 0.252 e. The van der Waals surface area contributed by atoms with Gasteiger partial charge in [-0.05, 0) is 62.2 Å². The molecule has 3 aromatic rings. The number of carbonyl (C=O) groups excluding carboxylic acids is 1. The van der Waals surface area contributed by atoms with E-state index in [0.717, 1.165) is 5.52 Å². The van der Waals surface area contributed by atoms with Gasteiger partial charge >= 0.3 is 0 Å². The van der Waals surface area contributed by atoms with Gasteiger partial charge in [0.25, 0.3) is 5.91 Å². The van der Waals surface area contributed by atoms with Crippen LogP contribution >= 0.6 is 22.9 Å². The van der Waals surface area contributed by atoms with Crippen LogP contribution < -0.4 is 4.80 Å². The van der Waals surface area contributed by atoms with Crippen LogP contribution in [0, 0.1) is 11.7 Å². The number of benzene rings is 2. The molecule has 4 rings (SSSR count). The monoisotopic (exact) mass is 481 g/mol. The first kappa shape index (κ1) is 22.1. The summed E-state index contributed by atoms with van der Waals surface area (Å²) in [5, 5.41) is 0.455. The van der Waals surface area contributed by atoms with Crippen molar-refractivity contribution in [1.29, 1.82) is 0 Å².